The maximum atomic E-state index is 13.5. The summed E-state index contributed by atoms with van der Waals surface area (Å²) < 4.78 is 13.5. The van der Waals surface area contributed by atoms with Crippen LogP contribution in [0.1, 0.15) is 22.3 Å². The normalized spacial score (nSPS) is 11.5. The maximum Gasteiger partial charge on any atom is 0.125 e. The molecule has 26 heavy (non-hydrogen) atoms. The van der Waals surface area contributed by atoms with Gasteiger partial charge in [-0.1, -0.05) is 47.1 Å². The molecule has 0 saturated heterocycles. The lowest BCUT2D eigenvalue weighted by Gasteiger charge is -2.13. The Hall–Kier alpha value is -2.85. The summed E-state index contributed by atoms with van der Waals surface area (Å²) in [5, 5.41) is 16.6. The monoisotopic (exact) mass is 368 g/mol. The number of hydrogen-bond acceptors (Lipinski definition) is 3. The molecule has 0 heterocycles. The average molecular weight is 369 g/mol. The number of nitrogens with zero attached hydrogens (tertiary/aromatic N) is 1. The zero-order valence-corrected chi connectivity index (χ0v) is 15.2. The number of nitrogens with one attached hydrogen (secondary N) is 1. The minimum Gasteiger partial charge on any atom is -0.410 e. The molecule has 2 N–H and O–H groups in total. The highest BCUT2D eigenvalue weighted by Crippen LogP contribution is 2.28. The Balaban J connectivity index is 1.95. The summed E-state index contributed by atoms with van der Waals surface area (Å²) in [6.07, 6.45) is 0. The molecule has 3 rings (SSSR count). The predicted molar refractivity (Wildman–Crippen MR) is 104 cm³/mol. The first-order valence-electron chi connectivity index (χ1n) is 8.10. The van der Waals surface area contributed by atoms with Crippen LogP contribution in [0.2, 0.25) is 5.02 Å². The van der Waals surface area contributed by atoms with Crippen molar-refractivity contribution >= 4 is 28.7 Å². The van der Waals surface area contributed by atoms with Crippen molar-refractivity contribution in [1.82, 2.24) is 0 Å². The molecule has 0 spiro atoms. The molecule has 0 unspecified atom stereocenters. The second-order valence-electron chi connectivity index (χ2n) is 6.04. The van der Waals surface area contributed by atoms with Crippen molar-refractivity contribution in [3.8, 4) is 0 Å². The Bertz CT molecular complexity index is 985. The van der Waals surface area contributed by atoms with E-state index in [1.165, 1.54) is 12.1 Å². The van der Waals surface area contributed by atoms with Gasteiger partial charge in [-0.3, -0.25) is 0 Å². The van der Waals surface area contributed by atoms with Gasteiger partial charge in [-0.25, -0.2) is 4.39 Å². The first kappa shape index (κ1) is 18.0. The van der Waals surface area contributed by atoms with Crippen molar-refractivity contribution in [3.05, 3.63) is 93.8 Å². The van der Waals surface area contributed by atoms with Crippen LogP contribution >= 0.6 is 11.6 Å². The standard InChI is InChI=1S/C21H18ClFN2O/c1-13-5-3-4-6-17(13)21(25-26)18-10-9-16(12-19(18)22)24-20-11-15(23)8-7-14(20)2/h3-12,24,26H,1-2H3. The molecule has 3 aromatic rings. The van der Waals surface area contributed by atoms with Gasteiger partial charge in [-0.2, -0.15) is 0 Å². The van der Waals surface area contributed by atoms with Gasteiger partial charge in [-0.15, -0.1) is 0 Å². The van der Waals surface area contributed by atoms with E-state index in [0.717, 1.165) is 22.4 Å². The molecule has 0 saturated carbocycles. The first-order valence-corrected chi connectivity index (χ1v) is 8.48. The lowest BCUT2D eigenvalue weighted by Crippen LogP contribution is -2.06. The van der Waals surface area contributed by atoms with Gasteiger partial charge >= 0.3 is 0 Å². The molecule has 0 atom stereocenters. The summed E-state index contributed by atoms with van der Waals surface area (Å²) in [5.41, 5.74) is 5.11. The van der Waals surface area contributed by atoms with E-state index in [1.807, 2.05) is 44.2 Å². The molecule has 3 aromatic carbocycles. The number of benzene rings is 3. The van der Waals surface area contributed by atoms with E-state index in [2.05, 4.69) is 10.5 Å². The highest BCUT2D eigenvalue weighted by molar-refractivity contribution is 6.35. The van der Waals surface area contributed by atoms with Crippen LogP contribution in [0.3, 0.4) is 0 Å². The van der Waals surface area contributed by atoms with E-state index in [4.69, 9.17) is 11.6 Å². The third kappa shape index (κ3) is 3.70. The Morgan fingerprint density at radius 3 is 2.42 bits per heavy atom. The van der Waals surface area contributed by atoms with Crippen LogP contribution in [-0.4, -0.2) is 10.9 Å². The van der Waals surface area contributed by atoms with Crippen LogP contribution < -0.4 is 5.32 Å². The number of hydrogen-bond donors (Lipinski definition) is 2. The summed E-state index contributed by atoms with van der Waals surface area (Å²) in [5.74, 6) is -0.310. The van der Waals surface area contributed by atoms with Gasteiger partial charge in [0.2, 0.25) is 0 Å². The fourth-order valence-corrected chi connectivity index (χ4v) is 3.03. The lowest BCUT2D eigenvalue weighted by molar-refractivity contribution is 0.319. The van der Waals surface area contributed by atoms with Gasteiger partial charge in [0.25, 0.3) is 0 Å². The molecule has 5 heteroatoms. The second-order valence-corrected chi connectivity index (χ2v) is 6.45. The van der Waals surface area contributed by atoms with Crippen LogP contribution in [0.4, 0.5) is 15.8 Å². The molecule has 132 valence electrons. The number of halogens is 2. The van der Waals surface area contributed by atoms with Crippen molar-refractivity contribution in [3.63, 3.8) is 0 Å². The van der Waals surface area contributed by atoms with Crippen LogP contribution in [0.15, 0.2) is 65.8 Å². The summed E-state index contributed by atoms with van der Waals surface area (Å²) in [4.78, 5) is 0. The molecule has 0 radical (unpaired) electrons. The van der Waals surface area contributed by atoms with Gasteiger partial charge in [-0.05, 0) is 55.3 Å². The quantitative estimate of drug-likeness (QED) is 0.333. The molecule has 0 bridgehead atoms. The molecule has 0 fully saturated rings. The van der Waals surface area contributed by atoms with E-state index in [9.17, 15) is 9.60 Å². The second kappa shape index (κ2) is 7.58. The topological polar surface area (TPSA) is 44.6 Å². The fourth-order valence-electron chi connectivity index (χ4n) is 2.76. The summed E-state index contributed by atoms with van der Waals surface area (Å²) in [6.45, 7) is 3.84. The van der Waals surface area contributed by atoms with E-state index in [1.54, 1.807) is 18.2 Å². The van der Waals surface area contributed by atoms with E-state index < -0.39 is 0 Å². The highest BCUT2D eigenvalue weighted by Gasteiger charge is 2.14. The van der Waals surface area contributed by atoms with Crippen LogP contribution in [0.25, 0.3) is 0 Å². The minimum atomic E-state index is -0.310. The molecule has 0 aliphatic carbocycles. The van der Waals surface area contributed by atoms with E-state index >= 15 is 0 Å². The third-order valence-corrected chi connectivity index (χ3v) is 4.52. The first-order chi connectivity index (χ1) is 12.5. The number of rotatable bonds is 4. The van der Waals surface area contributed by atoms with Gasteiger partial charge < -0.3 is 10.5 Å². The van der Waals surface area contributed by atoms with Crippen molar-refractivity contribution in [2.75, 3.05) is 5.32 Å². The molecule has 0 aromatic heterocycles. The Morgan fingerprint density at radius 1 is 0.962 bits per heavy atom. The van der Waals surface area contributed by atoms with Gasteiger partial charge in [0.1, 0.15) is 11.5 Å². The molecule has 0 amide bonds. The number of aryl methyl sites for hydroxylation is 2. The Kier molecular flexibility index (Phi) is 5.24. The molecule has 3 nitrogen and oxygen atoms in total. The van der Waals surface area contributed by atoms with E-state index in [0.29, 0.717) is 22.0 Å². The highest BCUT2D eigenvalue weighted by atomic mass is 35.5. The fraction of sp³-hybridized carbons (Fsp3) is 0.0952. The number of anilines is 2. The molecular formula is C21H18ClFN2O. The molecule has 0 aliphatic rings. The van der Waals surface area contributed by atoms with Gasteiger partial charge in [0, 0.05) is 22.5 Å². The predicted octanol–water partition coefficient (Wildman–Crippen LogP) is 6.07. The minimum absolute atomic E-state index is 0.310. The number of oxime groups is 1. The third-order valence-electron chi connectivity index (χ3n) is 4.20. The summed E-state index contributed by atoms with van der Waals surface area (Å²) >= 11 is 6.44. The average Bonchev–Trinajstić information content (AvgIpc) is 2.62. The van der Waals surface area contributed by atoms with Crippen molar-refractivity contribution in [1.29, 1.82) is 0 Å². The zero-order valence-electron chi connectivity index (χ0n) is 14.4. The van der Waals surface area contributed by atoms with Gasteiger partial charge in [0.15, 0.2) is 0 Å². The Morgan fingerprint density at radius 2 is 1.73 bits per heavy atom. The Labute approximate surface area is 156 Å². The van der Waals surface area contributed by atoms with E-state index in [-0.39, 0.29) is 5.82 Å². The molecular weight excluding hydrogens is 351 g/mol. The van der Waals surface area contributed by atoms with Crippen molar-refractivity contribution in [2.24, 2.45) is 5.16 Å². The SMILES string of the molecule is Cc1ccc(F)cc1Nc1ccc(C(=NO)c2ccccc2C)c(Cl)c1. The molecule has 0 aliphatic heterocycles. The van der Waals surface area contributed by atoms with Crippen LogP contribution in [-0.2, 0) is 0 Å². The summed E-state index contributed by atoms with van der Waals surface area (Å²) in [7, 11) is 0. The van der Waals surface area contributed by atoms with Crippen LogP contribution in [0.5, 0.6) is 0 Å². The van der Waals surface area contributed by atoms with Crippen molar-refractivity contribution in [2.45, 2.75) is 13.8 Å². The smallest absolute Gasteiger partial charge is 0.125 e. The maximum absolute atomic E-state index is 13.5. The summed E-state index contributed by atoms with van der Waals surface area (Å²) in [6, 6.07) is 17.5. The lowest BCUT2D eigenvalue weighted by atomic mass is 9.98. The van der Waals surface area contributed by atoms with Crippen LogP contribution in [0, 0.1) is 19.7 Å². The van der Waals surface area contributed by atoms with Crippen molar-refractivity contribution < 1.29 is 9.60 Å². The van der Waals surface area contributed by atoms with Gasteiger partial charge in [0.05, 0.1) is 5.02 Å². The largest absolute Gasteiger partial charge is 0.410 e. The zero-order chi connectivity index (χ0) is 18.7.